The monoisotopic (exact) mass is 281 g/mol. The van der Waals surface area contributed by atoms with E-state index in [-0.39, 0.29) is 0 Å². The molecule has 1 nitrogen and oxygen atoms in total. The van der Waals surface area contributed by atoms with Crippen molar-refractivity contribution < 1.29 is 0 Å². The van der Waals surface area contributed by atoms with Crippen LogP contribution >= 0.6 is 0 Å². The minimum atomic E-state index is 0.814. The molecule has 20 heavy (non-hydrogen) atoms. The molecular formula is C19H39N. The molecule has 1 aliphatic carbocycles. The molecule has 0 heterocycles. The van der Waals surface area contributed by atoms with Gasteiger partial charge in [-0.3, -0.25) is 0 Å². The van der Waals surface area contributed by atoms with Gasteiger partial charge in [-0.15, -0.1) is 0 Å². The third kappa shape index (κ3) is 7.67. The molecule has 120 valence electrons. The number of hydrogen-bond acceptors (Lipinski definition) is 1. The number of unbranched alkanes of at least 4 members (excludes halogenated alkanes) is 5. The quantitative estimate of drug-likeness (QED) is 0.463. The van der Waals surface area contributed by atoms with Crippen molar-refractivity contribution in [2.24, 2.45) is 11.8 Å². The Morgan fingerprint density at radius 1 is 0.850 bits per heavy atom. The SMILES string of the molecule is CCCCCCCCC(NCCC)C1CCC(C)CC1. The van der Waals surface area contributed by atoms with E-state index >= 15 is 0 Å². The molecule has 0 aliphatic heterocycles. The highest BCUT2D eigenvalue weighted by Crippen LogP contribution is 2.32. The van der Waals surface area contributed by atoms with E-state index in [9.17, 15) is 0 Å². The molecule has 1 heteroatoms. The van der Waals surface area contributed by atoms with Crippen LogP contribution in [0.25, 0.3) is 0 Å². The minimum Gasteiger partial charge on any atom is -0.314 e. The number of nitrogens with one attached hydrogen (secondary N) is 1. The van der Waals surface area contributed by atoms with E-state index in [2.05, 4.69) is 26.1 Å². The Morgan fingerprint density at radius 2 is 1.50 bits per heavy atom. The largest absolute Gasteiger partial charge is 0.314 e. The van der Waals surface area contributed by atoms with Gasteiger partial charge in [0.25, 0.3) is 0 Å². The fraction of sp³-hybridized carbons (Fsp3) is 1.00. The molecule has 1 unspecified atom stereocenters. The highest BCUT2D eigenvalue weighted by atomic mass is 14.9. The zero-order valence-electron chi connectivity index (χ0n) is 14.4. The van der Waals surface area contributed by atoms with Gasteiger partial charge in [0.15, 0.2) is 0 Å². The molecule has 0 aromatic carbocycles. The Balaban J connectivity index is 2.21. The highest BCUT2D eigenvalue weighted by Gasteiger charge is 2.25. The van der Waals surface area contributed by atoms with Crippen molar-refractivity contribution in [3.05, 3.63) is 0 Å². The smallest absolute Gasteiger partial charge is 0.00953 e. The van der Waals surface area contributed by atoms with E-state index in [1.807, 2.05) is 0 Å². The van der Waals surface area contributed by atoms with Crippen LogP contribution in [0.3, 0.4) is 0 Å². The summed E-state index contributed by atoms with van der Waals surface area (Å²) in [4.78, 5) is 0. The Labute approximate surface area is 128 Å². The molecular weight excluding hydrogens is 242 g/mol. The summed E-state index contributed by atoms with van der Waals surface area (Å²) < 4.78 is 0. The molecule has 0 aromatic rings. The predicted octanol–water partition coefficient (Wildman–Crippen LogP) is 5.93. The van der Waals surface area contributed by atoms with Gasteiger partial charge in [0.2, 0.25) is 0 Å². The molecule has 1 saturated carbocycles. The molecule has 0 radical (unpaired) electrons. The van der Waals surface area contributed by atoms with Gasteiger partial charge in [-0.2, -0.15) is 0 Å². The molecule has 1 aliphatic rings. The van der Waals surface area contributed by atoms with Gasteiger partial charge in [0.1, 0.15) is 0 Å². The fourth-order valence-corrected chi connectivity index (χ4v) is 3.67. The standard InChI is InChI=1S/C19H39N/c1-4-6-7-8-9-10-11-19(20-16-5-2)18-14-12-17(3)13-15-18/h17-20H,4-16H2,1-3H3. The van der Waals surface area contributed by atoms with Crippen LogP contribution in [0.2, 0.25) is 0 Å². The van der Waals surface area contributed by atoms with Gasteiger partial charge in [0, 0.05) is 6.04 Å². The van der Waals surface area contributed by atoms with E-state index in [0.717, 1.165) is 17.9 Å². The van der Waals surface area contributed by atoms with Crippen molar-refractivity contribution >= 4 is 0 Å². The van der Waals surface area contributed by atoms with Gasteiger partial charge in [0.05, 0.1) is 0 Å². The van der Waals surface area contributed by atoms with Crippen LogP contribution in [0, 0.1) is 11.8 Å². The number of rotatable bonds is 11. The Kier molecular flexibility index (Phi) is 10.4. The van der Waals surface area contributed by atoms with Gasteiger partial charge < -0.3 is 5.32 Å². The summed E-state index contributed by atoms with van der Waals surface area (Å²) in [5.41, 5.74) is 0. The van der Waals surface area contributed by atoms with E-state index in [1.54, 1.807) is 0 Å². The van der Waals surface area contributed by atoms with E-state index in [0.29, 0.717) is 0 Å². The molecule has 0 amide bonds. The summed E-state index contributed by atoms with van der Waals surface area (Å²) in [6.07, 6.45) is 17.2. The first-order chi connectivity index (χ1) is 9.77. The maximum atomic E-state index is 3.86. The second-order valence-electron chi connectivity index (χ2n) is 7.14. The lowest BCUT2D eigenvalue weighted by atomic mass is 9.78. The highest BCUT2D eigenvalue weighted by molar-refractivity contribution is 4.81. The lowest BCUT2D eigenvalue weighted by molar-refractivity contribution is 0.219. The zero-order valence-corrected chi connectivity index (χ0v) is 14.4. The van der Waals surface area contributed by atoms with Gasteiger partial charge >= 0.3 is 0 Å². The normalized spacial score (nSPS) is 24.8. The van der Waals surface area contributed by atoms with Crippen molar-refractivity contribution in [1.29, 1.82) is 0 Å². The van der Waals surface area contributed by atoms with Gasteiger partial charge in [-0.25, -0.2) is 0 Å². The summed E-state index contributed by atoms with van der Waals surface area (Å²) in [7, 11) is 0. The van der Waals surface area contributed by atoms with Crippen molar-refractivity contribution in [3.8, 4) is 0 Å². The van der Waals surface area contributed by atoms with Crippen molar-refractivity contribution in [1.82, 2.24) is 5.32 Å². The third-order valence-corrected chi connectivity index (χ3v) is 5.15. The molecule has 0 saturated heterocycles. The summed E-state index contributed by atoms with van der Waals surface area (Å²) in [6.45, 7) is 8.23. The van der Waals surface area contributed by atoms with Crippen LogP contribution in [-0.4, -0.2) is 12.6 Å². The maximum Gasteiger partial charge on any atom is 0.00953 e. The topological polar surface area (TPSA) is 12.0 Å². The molecule has 1 rings (SSSR count). The van der Waals surface area contributed by atoms with E-state index in [1.165, 1.54) is 83.6 Å². The summed E-state index contributed by atoms with van der Waals surface area (Å²) in [6, 6.07) is 0.814. The number of hydrogen-bond donors (Lipinski definition) is 1. The predicted molar refractivity (Wildman–Crippen MR) is 91.2 cm³/mol. The lowest BCUT2D eigenvalue weighted by Gasteiger charge is -2.33. The summed E-state index contributed by atoms with van der Waals surface area (Å²) in [5.74, 6) is 1.94. The van der Waals surface area contributed by atoms with E-state index in [4.69, 9.17) is 0 Å². The van der Waals surface area contributed by atoms with Crippen LogP contribution in [0.4, 0.5) is 0 Å². The average Bonchev–Trinajstić information content (AvgIpc) is 2.47. The Bertz CT molecular complexity index is 206. The summed E-state index contributed by atoms with van der Waals surface area (Å²) in [5, 5.41) is 3.86. The molecule has 1 fully saturated rings. The Morgan fingerprint density at radius 3 is 2.15 bits per heavy atom. The van der Waals surface area contributed by atoms with Crippen molar-refractivity contribution in [2.45, 2.75) is 104 Å². The second-order valence-corrected chi connectivity index (χ2v) is 7.14. The first kappa shape index (κ1) is 18.0. The lowest BCUT2D eigenvalue weighted by Crippen LogP contribution is -2.38. The van der Waals surface area contributed by atoms with E-state index < -0.39 is 0 Å². The molecule has 0 aromatic heterocycles. The molecule has 0 bridgehead atoms. The van der Waals surface area contributed by atoms with Crippen LogP contribution < -0.4 is 5.32 Å². The molecule has 0 spiro atoms. The maximum absolute atomic E-state index is 3.86. The third-order valence-electron chi connectivity index (χ3n) is 5.15. The molecule has 1 atom stereocenters. The summed E-state index contributed by atoms with van der Waals surface area (Å²) >= 11 is 0. The van der Waals surface area contributed by atoms with Gasteiger partial charge in [-0.05, 0) is 44.1 Å². The Hall–Kier alpha value is -0.0400. The van der Waals surface area contributed by atoms with Crippen LogP contribution in [-0.2, 0) is 0 Å². The second kappa shape index (κ2) is 11.6. The first-order valence-corrected chi connectivity index (χ1v) is 9.51. The zero-order chi connectivity index (χ0) is 14.6. The fourth-order valence-electron chi connectivity index (χ4n) is 3.67. The van der Waals surface area contributed by atoms with Crippen molar-refractivity contribution in [2.75, 3.05) is 6.54 Å². The van der Waals surface area contributed by atoms with Crippen LogP contribution in [0.5, 0.6) is 0 Å². The van der Waals surface area contributed by atoms with Crippen molar-refractivity contribution in [3.63, 3.8) is 0 Å². The van der Waals surface area contributed by atoms with Gasteiger partial charge in [-0.1, -0.05) is 72.1 Å². The van der Waals surface area contributed by atoms with Crippen LogP contribution in [0.15, 0.2) is 0 Å². The molecule has 1 N–H and O–H groups in total. The average molecular weight is 282 g/mol. The first-order valence-electron chi connectivity index (χ1n) is 9.51. The minimum absolute atomic E-state index is 0.814. The van der Waals surface area contributed by atoms with Crippen LogP contribution in [0.1, 0.15) is 97.8 Å².